The number of hydrogen-bond acceptors (Lipinski definition) is 3. The first-order chi connectivity index (χ1) is 11.6. The zero-order valence-corrected chi connectivity index (χ0v) is 13.3. The maximum Gasteiger partial charge on any atom is 0.267 e. The van der Waals surface area contributed by atoms with Crippen molar-refractivity contribution >= 4 is 11.6 Å². The van der Waals surface area contributed by atoms with Crippen molar-refractivity contribution < 1.29 is 4.79 Å². The number of carbonyl (C=O) groups is 1. The average molecular weight is 319 g/mol. The van der Waals surface area contributed by atoms with Crippen LogP contribution in [0.15, 0.2) is 71.5 Å². The minimum absolute atomic E-state index is 0.131. The van der Waals surface area contributed by atoms with Crippen LogP contribution in [-0.2, 0) is 11.3 Å². The lowest BCUT2D eigenvalue weighted by Gasteiger charge is -2.10. The van der Waals surface area contributed by atoms with Gasteiger partial charge in [-0.3, -0.25) is 9.59 Å². The Kier molecular flexibility index (Phi) is 4.52. The fourth-order valence-corrected chi connectivity index (χ4v) is 2.36. The summed E-state index contributed by atoms with van der Waals surface area (Å²) in [6, 6.07) is 20.1. The number of benzene rings is 2. The number of aromatic nitrogens is 2. The quantitative estimate of drug-likeness (QED) is 0.804. The standard InChI is InChI=1S/C19H17N3O2/c1-14-7-5-6-10-16(14)20-18(23)13-22-19(24)12-11-17(21-22)15-8-3-2-4-9-15/h2-12H,13H2,1H3,(H,20,23). The van der Waals surface area contributed by atoms with E-state index in [1.165, 1.54) is 10.7 Å². The van der Waals surface area contributed by atoms with Crippen LogP contribution >= 0.6 is 0 Å². The molecule has 5 nitrogen and oxygen atoms in total. The maximum absolute atomic E-state index is 12.2. The molecule has 0 unspecified atom stereocenters. The lowest BCUT2D eigenvalue weighted by molar-refractivity contribution is -0.117. The second-order valence-electron chi connectivity index (χ2n) is 5.44. The summed E-state index contributed by atoms with van der Waals surface area (Å²) in [4.78, 5) is 24.2. The smallest absolute Gasteiger partial charge is 0.267 e. The monoisotopic (exact) mass is 319 g/mol. The van der Waals surface area contributed by atoms with Gasteiger partial charge in [-0.15, -0.1) is 0 Å². The van der Waals surface area contributed by atoms with Gasteiger partial charge < -0.3 is 5.32 Å². The van der Waals surface area contributed by atoms with Gasteiger partial charge in [-0.1, -0.05) is 48.5 Å². The Hall–Kier alpha value is -3.21. The van der Waals surface area contributed by atoms with Crippen LogP contribution < -0.4 is 10.9 Å². The number of hydrogen-bond donors (Lipinski definition) is 1. The summed E-state index contributed by atoms with van der Waals surface area (Å²) in [6.45, 7) is 1.78. The molecule has 0 spiro atoms. The van der Waals surface area contributed by atoms with Gasteiger partial charge in [0.1, 0.15) is 6.54 Å². The molecule has 0 bridgehead atoms. The molecule has 3 rings (SSSR count). The summed E-state index contributed by atoms with van der Waals surface area (Å²) in [6.07, 6.45) is 0. The van der Waals surface area contributed by atoms with Crippen molar-refractivity contribution in [3.8, 4) is 11.3 Å². The van der Waals surface area contributed by atoms with E-state index in [-0.39, 0.29) is 18.0 Å². The summed E-state index contributed by atoms with van der Waals surface area (Å²) in [7, 11) is 0. The number of nitrogens with zero attached hydrogens (tertiary/aromatic N) is 2. The summed E-state index contributed by atoms with van der Waals surface area (Å²) in [5.74, 6) is -0.288. The van der Waals surface area contributed by atoms with Gasteiger partial charge in [-0.25, -0.2) is 4.68 Å². The van der Waals surface area contributed by atoms with Crippen molar-refractivity contribution in [3.63, 3.8) is 0 Å². The van der Waals surface area contributed by atoms with Crippen LogP contribution in [0, 0.1) is 6.92 Å². The molecule has 24 heavy (non-hydrogen) atoms. The summed E-state index contributed by atoms with van der Waals surface area (Å²) in [5.41, 5.74) is 2.93. The molecule has 0 fully saturated rings. The van der Waals surface area contributed by atoms with Crippen molar-refractivity contribution in [1.29, 1.82) is 0 Å². The molecule has 0 saturated heterocycles. The highest BCUT2D eigenvalue weighted by Gasteiger charge is 2.09. The molecule has 0 aliphatic rings. The largest absolute Gasteiger partial charge is 0.324 e. The van der Waals surface area contributed by atoms with Crippen LogP contribution in [0.4, 0.5) is 5.69 Å². The van der Waals surface area contributed by atoms with Gasteiger partial charge in [0, 0.05) is 17.3 Å². The molecule has 120 valence electrons. The highest BCUT2D eigenvalue weighted by molar-refractivity contribution is 5.91. The molecule has 0 saturated carbocycles. The Balaban J connectivity index is 1.81. The van der Waals surface area contributed by atoms with Gasteiger partial charge in [0.15, 0.2) is 0 Å². The molecule has 3 aromatic rings. The van der Waals surface area contributed by atoms with E-state index >= 15 is 0 Å². The van der Waals surface area contributed by atoms with E-state index in [9.17, 15) is 9.59 Å². The van der Waals surface area contributed by atoms with Crippen LogP contribution in [0.3, 0.4) is 0 Å². The number of nitrogens with one attached hydrogen (secondary N) is 1. The first kappa shape index (κ1) is 15.7. The van der Waals surface area contributed by atoms with Gasteiger partial charge in [-0.2, -0.15) is 5.10 Å². The van der Waals surface area contributed by atoms with Gasteiger partial charge in [0.05, 0.1) is 5.69 Å². The number of amides is 1. The Morgan fingerprint density at radius 1 is 1.00 bits per heavy atom. The van der Waals surface area contributed by atoms with Crippen LogP contribution in [0.25, 0.3) is 11.3 Å². The highest BCUT2D eigenvalue weighted by atomic mass is 16.2. The molecule has 1 N–H and O–H groups in total. The highest BCUT2D eigenvalue weighted by Crippen LogP contribution is 2.15. The van der Waals surface area contributed by atoms with Crippen molar-refractivity contribution in [1.82, 2.24) is 9.78 Å². The second-order valence-corrected chi connectivity index (χ2v) is 5.44. The van der Waals surface area contributed by atoms with Crippen molar-refractivity contribution in [3.05, 3.63) is 82.6 Å². The Labute approximate surface area is 139 Å². The second kappa shape index (κ2) is 6.91. The average Bonchev–Trinajstić information content (AvgIpc) is 2.60. The van der Waals surface area contributed by atoms with Crippen LogP contribution in [0.2, 0.25) is 0 Å². The molecule has 0 aliphatic heterocycles. The maximum atomic E-state index is 12.2. The molecule has 1 heterocycles. The molecule has 2 aromatic carbocycles. The van der Waals surface area contributed by atoms with E-state index < -0.39 is 0 Å². The Morgan fingerprint density at radius 3 is 2.46 bits per heavy atom. The summed E-state index contributed by atoms with van der Waals surface area (Å²) < 4.78 is 1.18. The lowest BCUT2D eigenvalue weighted by atomic mass is 10.1. The third kappa shape index (κ3) is 3.57. The molecular formula is C19H17N3O2. The first-order valence-corrected chi connectivity index (χ1v) is 7.62. The number of carbonyl (C=O) groups excluding carboxylic acids is 1. The predicted octanol–water partition coefficient (Wildman–Crippen LogP) is 2.86. The Morgan fingerprint density at radius 2 is 1.71 bits per heavy atom. The third-order valence-corrected chi connectivity index (χ3v) is 3.65. The predicted molar refractivity (Wildman–Crippen MR) is 93.7 cm³/mol. The number of anilines is 1. The van der Waals surface area contributed by atoms with E-state index in [0.29, 0.717) is 5.69 Å². The molecule has 0 radical (unpaired) electrons. The number of rotatable bonds is 4. The summed E-state index contributed by atoms with van der Waals surface area (Å²) >= 11 is 0. The lowest BCUT2D eigenvalue weighted by Crippen LogP contribution is -2.29. The summed E-state index contributed by atoms with van der Waals surface area (Å²) in [5, 5.41) is 7.10. The van der Waals surface area contributed by atoms with Crippen molar-refractivity contribution in [2.75, 3.05) is 5.32 Å². The third-order valence-electron chi connectivity index (χ3n) is 3.65. The van der Waals surface area contributed by atoms with Crippen LogP contribution in [0.1, 0.15) is 5.56 Å². The van der Waals surface area contributed by atoms with Gasteiger partial charge in [0.25, 0.3) is 5.56 Å². The molecule has 1 aromatic heterocycles. The van der Waals surface area contributed by atoms with Gasteiger partial charge in [0.2, 0.25) is 5.91 Å². The molecule has 0 atom stereocenters. The first-order valence-electron chi connectivity index (χ1n) is 7.62. The van der Waals surface area contributed by atoms with Crippen molar-refractivity contribution in [2.24, 2.45) is 0 Å². The molecule has 0 aliphatic carbocycles. The van der Waals surface area contributed by atoms with E-state index in [1.54, 1.807) is 6.07 Å². The fraction of sp³-hybridized carbons (Fsp3) is 0.105. The zero-order chi connectivity index (χ0) is 16.9. The van der Waals surface area contributed by atoms with E-state index in [0.717, 1.165) is 16.8 Å². The normalized spacial score (nSPS) is 10.4. The van der Waals surface area contributed by atoms with Gasteiger partial charge in [-0.05, 0) is 24.6 Å². The van der Waals surface area contributed by atoms with E-state index in [2.05, 4.69) is 10.4 Å². The van der Waals surface area contributed by atoms with Gasteiger partial charge >= 0.3 is 0 Å². The van der Waals surface area contributed by atoms with Crippen LogP contribution in [-0.4, -0.2) is 15.7 Å². The van der Waals surface area contributed by atoms with E-state index in [1.807, 2.05) is 61.5 Å². The van der Waals surface area contributed by atoms with Crippen molar-refractivity contribution in [2.45, 2.75) is 13.5 Å². The minimum Gasteiger partial charge on any atom is -0.324 e. The minimum atomic E-state index is -0.311. The van der Waals surface area contributed by atoms with E-state index in [4.69, 9.17) is 0 Å². The molecule has 1 amide bonds. The number of para-hydroxylation sites is 1. The number of aryl methyl sites for hydroxylation is 1. The molecule has 5 heteroatoms. The topological polar surface area (TPSA) is 64.0 Å². The fourth-order valence-electron chi connectivity index (χ4n) is 2.36. The Bertz CT molecular complexity index is 917. The SMILES string of the molecule is Cc1ccccc1NC(=O)Cn1nc(-c2ccccc2)ccc1=O. The molecular weight excluding hydrogens is 302 g/mol. The van der Waals surface area contributed by atoms with Crippen LogP contribution in [0.5, 0.6) is 0 Å². The zero-order valence-electron chi connectivity index (χ0n) is 13.3.